The van der Waals surface area contributed by atoms with Crippen LogP contribution in [0.3, 0.4) is 0 Å². The molecule has 15 heteroatoms. The molecule has 0 aliphatic carbocycles. The van der Waals surface area contributed by atoms with Gasteiger partial charge in [-0.1, -0.05) is 52.7 Å². The number of anilines is 2. The maximum atomic E-state index is 13.3. The Morgan fingerprint density at radius 2 is 1.84 bits per heavy atom. The van der Waals surface area contributed by atoms with Crippen molar-refractivity contribution < 1.29 is 32.6 Å². The van der Waals surface area contributed by atoms with E-state index in [4.69, 9.17) is 27.9 Å². The number of morpholine rings is 1. The molecule has 0 atom stereocenters. The third-order valence-corrected chi connectivity index (χ3v) is 6.82. The van der Waals surface area contributed by atoms with Crippen LogP contribution in [0.4, 0.5) is 23.3 Å². The van der Waals surface area contributed by atoms with Crippen LogP contribution < -0.4 is 15.5 Å². The summed E-state index contributed by atoms with van der Waals surface area (Å²) in [5.74, 6) is -2.08. The van der Waals surface area contributed by atoms with Gasteiger partial charge in [0, 0.05) is 19.6 Å². The summed E-state index contributed by atoms with van der Waals surface area (Å²) < 4.78 is 45.3. The average Bonchev–Trinajstić information content (AvgIpc) is 3.29. The lowest BCUT2D eigenvalue weighted by Gasteiger charge is -2.25. The highest BCUT2D eigenvalue weighted by atomic mass is 35.5. The number of halogens is 5. The van der Waals surface area contributed by atoms with Crippen molar-refractivity contribution in [3.05, 3.63) is 63.0 Å². The fourth-order valence-corrected chi connectivity index (χ4v) is 4.85. The zero-order valence-corrected chi connectivity index (χ0v) is 21.1. The van der Waals surface area contributed by atoms with Gasteiger partial charge in [0.15, 0.2) is 21.7 Å². The first kappa shape index (κ1) is 26.9. The number of thiazole rings is 1. The Labute approximate surface area is 222 Å². The highest BCUT2D eigenvalue weighted by Gasteiger charge is 2.33. The molecule has 0 spiro atoms. The number of aromatic hydroxyl groups is 1. The van der Waals surface area contributed by atoms with Gasteiger partial charge in [-0.05, 0) is 17.7 Å². The Balaban J connectivity index is 1.60. The minimum Gasteiger partial charge on any atom is -0.504 e. The van der Waals surface area contributed by atoms with Gasteiger partial charge in [0.1, 0.15) is 10.7 Å². The maximum Gasteiger partial charge on any atom is 0.416 e. The normalized spacial score (nSPS) is 13.9. The summed E-state index contributed by atoms with van der Waals surface area (Å²) in [6.07, 6.45) is -4.59. The van der Waals surface area contributed by atoms with Gasteiger partial charge in [-0.3, -0.25) is 9.59 Å². The number of rotatable bonds is 6. The van der Waals surface area contributed by atoms with Crippen molar-refractivity contribution in [3.63, 3.8) is 0 Å². The monoisotopic (exact) mass is 575 g/mol. The molecule has 0 bridgehead atoms. The number of aromatic nitrogens is 2. The summed E-state index contributed by atoms with van der Waals surface area (Å²) in [5.41, 5.74) is -1.43. The summed E-state index contributed by atoms with van der Waals surface area (Å²) in [6.45, 7) is 1.44. The Bertz CT molecular complexity index is 1310. The molecule has 1 aliphatic rings. The summed E-state index contributed by atoms with van der Waals surface area (Å²) in [7, 11) is 0. The van der Waals surface area contributed by atoms with Gasteiger partial charge in [-0.2, -0.15) is 13.2 Å². The van der Waals surface area contributed by atoms with Gasteiger partial charge in [-0.15, -0.1) is 0 Å². The third kappa shape index (κ3) is 6.24. The molecule has 2 aromatic heterocycles. The molecule has 2 amide bonds. The molecule has 0 saturated carbocycles. The number of pyridine rings is 1. The number of amides is 2. The SMILES string of the molecule is O=C(Nc1sc(N2CCOCC2)nc1C(=O)NCc1ccccc1C(F)(F)F)c1cc(Cl)c(O)c(Cl)n1. The van der Waals surface area contributed by atoms with Crippen molar-refractivity contribution in [2.24, 2.45) is 0 Å². The number of carbonyl (C=O) groups is 2. The van der Waals surface area contributed by atoms with E-state index in [9.17, 15) is 27.9 Å². The number of ether oxygens (including phenoxy) is 1. The van der Waals surface area contributed by atoms with E-state index in [0.29, 0.717) is 31.4 Å². The molecule has 3 heterocycles. The summed E-state index contributed by atoms with van der Waals surface area (Å²) in [5, 5.41) is 14.5. The van der Waals surface area contributed by atoms with E-state index in [1.165, 1.54) is 18.2 Å². The van der Waals surface area contributed by atoms with E-state index in [1.54, 1.807) is 0 Å². The van der Waals surface area contributed by atoms with Crippen LogP contribution in [0.2, 0.25) is 10.2 Å². The number of benzene rings is 1. The Kier molecular flexibility index (Phi) is 8.07. The van der Waals surface area contributed by atoms with E-state index < -0.39 is 41.0 Å². The standard InChI is InChI=1S/C22H18Cl2F3N5O4S/c23-13-9-14(29-17(24)16(13)33)18(34)31-20-15(30-21(37-20)32-5-7-36-8-6-32)19(35)28-10-11-3-1-2-4-12(11)22(25,26)27/h1-4,9,33H,5-8,10H2,(H,28,35)(H,31,34). The van der Waals surface area contributed by atoms with Crippen LogP contribution >= 0.6 is 34.5 Å². The second-order valence-corrected chi connectivity index (χ2v) is 9.44. The zero-order chi connectivity index (χ0) is 26.7. The largest absolute Gasteiger partial charge is 0.504 e. The van der Waals surface area contributed by atoms with E-state index in [1.807, 2.05) is 4.90 Å². The minimum absolute atomic E-state index is 0.0372. The number of hydrogen-bond acceptors (Lipinski definition) is 8. The van der Waals surface area contributed by atoms with E-state index in [-0.39, 0.29) is 27.0 Å². The van der Waals surface area contributed by atoms with Crippen LogP contribution in [0, 0.1) is 0 Å². The van der Waals surface area contributed by atoms with E-state index >= 15 is 0 Å². The van der Waals surface area contributed by atoms with Gasteiger partial charge in [-0.25, -0.2) is 9.97 Å². The minimum atomic E-state index is -4.59. The zero-order valence-electron chi connectivity index (χ0n) is 18.7. The molecule has 0 unspecified atom stereocenters. The second-order valence-electron chi connectivity index (χ2n) is 7.69. The summed E-state index contributed by atoms with van der Waals surface area (Å²) >= 11 is 12.7. The molecule has 3 N–H and O–H groups in total. The summed E-state index contributed by atoms with van der Waals surface area (Å²) in [6, 6.07) is 5.97. The maximum absolute atomic E-state index is 13.3. The van der Waals surface area contributed by atoms with E-state index in [0.717, 1.165) is 23.5 Å². The quantitative estimate of drug-likeness (QED) is 0.368. The Morgan fingerprint density at radius 3 is 2.51 bits per heavy atom. The number of hydrogen-bond donors (Lipinski definition) is 3. The van der Waals surface area contributed by atoms with E-state index in [2.05, 4.69) is 20.6 Å². The molecule has 3 aromatic rings. The average molecular weight is 576 g/mol. The highest BCUT2D eigenvalue weighted by molar-refractivity contribution is 7.20. The van der Waals surface area contributed by atoms with Gasteiger partial charge in [0.25, 0.3) is 11.8 Å². The highest BCUT2D eigenvalue weighted by Crippen LogP contribution is 2.35. The Hall–Kier alpha value is -3.13. The second kappa shape index (κ2) is 11.1. The molecular formula is C22H18Cl2F3N5O4S. The molecule has 9 nitrogen and oxygen atoms in total. The molecule has 37 heavy (non-hydrogen) atoms. The lowest BCUT2D eigenvalue weighted by molar-refractivity contribution is -0.138. The van der Waals surface area contributed by atoms with Crippen LogP contribution in [0.25, 0.3) is 0 Å². The van der Waals surface area contributed by atoms with Crippen molar-refractivity contribution >= 4 is 56.5 Å². The number of carbonyl (C=O) groups excluding carboxylic acids is 2. The fourth-order valence-electron chi connectivity index (χ4n) is 3.41. The first-order valence-corrected chi connectivity index (χ1v) is 12.2. The molecule has 1 aromatic carbocycles. The Morgan fingerprint density at radius 1 is 1.14 bits per heavy atom. The molecule has 4 rings (SSSR count). The molecule has 1 fully saturated rings. The molecular weight excluding hydrogens is 558 g/mol. The van der Waals surface area contributed by atoms with Crippen molar-refractivity contribution in [1.29, 1.82) is 0 Å². The lowest BCUT2D eigenvalue weighted by atomic mass is 10.1. The van der Waals surface area contributed by atoms with Crippen molar-refractivity contribution in [3.8, 4) is 5.75 Å². The molecule has 1 aliphatic heterocycles. The van der Waals surface area contributed by atoms with Gasteiger partial charge >= 0.3 is 6.18 Å². The first-order chi connectivity index (χ1) is 17.5. The van der Waals surface area contributed by atoms with Crippen LogP contribution in [0.15, 0.2) is 30.3 Å². The third-order valence-electron chi connectivity index (χ3n) is 5.24. The predicted molar refractivity (Wildman–Crippen MR) is 132 cm³/mol. The predicted octanol–water partition coefficient (Wildman–Crippen LogP) is 4.59. The molecule has 196 valence electrons. The molecule has 1 saturated heterocycles. The van der Waals surface area contributed by atoms with Crippen LogP contribution in [-0.4, -0.2) is 53.2 Å². The summed E-state index contributed by atoms with van der Waals surface area (Å²) in [4.78, 5) is 35.8. The van der Waals surface area contributed by atoms with Crippen LogP contribution in [-0.2, 0) is 17.5 Å². The topological polar surface area (TPSA) is 117 Å². The van der Waals surface area contributed by atoms with Crippen molar-refractivity contribution in [1.82, 2.24) is 15.3 Å². The van der Waals surface area contributed by atoms with Crippen LogP contribution in [0.5, 0.6) is 5.75 Å². The molecule has 0 radical (unpaired) electrons. The first-order valence-electron chi connectivity index (χ1n) is 10.7. The van der Waals surface area contributed by atoms with Crippen molar-refractivity contribution in [2.45, 2.75) is 12.7 Å². The number of alkyl halides is 3. The van der Waals surface area contributed by atoms with Gasteiger partial charge in [0.05, 0.1) is 23.8 Å². The van der Waals surface area contributed by atoms with Gasteiger partial charge < -0.3 is 25.4 Å². The van der Waals surface area contributed by atoms with Crippen LogP contribution in [0.1, 0.15) is 32.1 Å². The number of nitrogens with one attached hydrogen (secondary N) is 2. The number of nitrogens with zero attached hydrogens (tertiary/aromatic N) is 3. The lowest BCUT2D eigenvalue weighted by Crippen LogP contribution is -2.36. The van der Waals surface area contributed by atoms with Gasteiger partial charge in [0.2, 0.25) is 0 Å². The van der Waals surface area contributed by atoms with Crippen molar-refractivity contribution in [2.75, 3.05) is 36.5 Å². The fraction of sp³-hybridized carbons (Fsp3) is 0.273. The smallest absolute Gasteiger partial charge is 0.416 e.